The molecule has 0 saturated carbocycles. The predicted molar refractivity (Wildman–Crippen MR) is 131 cm³/mol. The van der Waals surface area contributed by atoms with E-state index in [1.54, 1.807) is 0 Å². The maximum atomic E-state index is 11.2. The standard InChI is InChI=1S/C22H23Cl3N2O5S/c1-22(2,15-10-18(24)20(19(25)11-15)30-9-8-23)14-4-6-17(7-5-14)31-12-16-13-32-21(26-16)27-33(3,28)29/h4-7,10-11,13H,8-9,12H2,1-3H3,(H,26,27). The zero-order valence-electron chi connectivity index (χ0n) is 18.2. The molecule has 0 radical (unpaired) electrons. The number of benzene rings is 2. The number of halogens is 3. The van der Waals surface area contributed by atoms with E-state index in [1.807, 2.05) is 36.4 Å². The molecule has 1 N–H and O–H groups in total. The van der Waals surface area contributed by atoms with E-state index in [0.717, 1.165) is 17.4 Å². The van der Waals surface area contributed by atoms with Crippen molar-refractivity contribution in [3.63, 3.8) is 0 Å². The lowest BCUT2D eigenvalue weighted by atomic mass is 9.78. The molecule has 0 amide bonds. The molecule has 0 unspecified atom stereocenters. The Morgan fingerprint density at radius 3 is 2.27 bits per heavy atom. The molecule has 0 spiro atoms. The topological polar surface area (TPSA) is 90.7 Å². The smallest absolute Gasteiger partial charge is 0.308 e. The highest BCUT2D eigenvalue weighted by Crippen LogP contribution is 2.40. The molecular weight excluding hydrogens is 511 g/mol. The third-order valence-corrected chi connectivity index (χ3v) is 6.09. The van der Waals surface area contributed by atoms with Gasteiger partial charge in [0.1, 0.15) is 30.9 Å². The fourth-order valence-electron chi connectivity index (χ4n) is 3.07. The van der Waals surface area contributed by atoms with Crippen LogP contribution in [-0.2, 0) is 22.0 Å². The van der Waals surface area contributed by atoms with Gasteiger partial charge in [0.15, 0.2) is 5.75 Å². The Hall–Kier alpha value is -2.13. The Kier molecular flexibility index (Phi) is 8.05. The Balaban J connectivity index is 1.70. The summed E-state index contributed by atoms with van der Waals surface area (Å²) in [5, 5.41) is 0.848. The second kappa shape index (κ2) is 10.4. The normalized spacial score (nSPS) is 11.9. The molecule has 1 heterocycles. The highest BCUT2D eigenvalue weighted by atomic mass is 35.5. The van der Waals surface area contributed by atoms with Crippen LogP contribution >= 0.6 is 34.8 Å². The van der Waals surface area contributed by atoms with E-state index in [-0.39, 0.29) is 12.6 Å². The summed E-state index contributed by atoms with van der Waals surface area (Å²) in [5.41, 5.74) is 2.01. The molecule has 11 heteroatoms. The third-order valence-electron chi connectivity index (χ3n) is 4.83. The second-order valence-electron chi connectivity index (χ2n) is 7.76. The van der Waals surface area contributed by atoms with Crippen molar-refractivity contribution < 1.29 is 22.3 Å². The van der Waals surface area contributed by atoms with Gasteiger partial charge >= 0.3 is 6.01 Å². The predicted octanol–water partition coefficient (Wildman–Crippen LogP) is 5.88. The summed E-state index contributed by atoms with van der Waals surface area (Å²) in [6.45, 7) is 4.56. The summed E-state index contributed by atoms with van der Waals surface area (Å²) in [5.74, 6) is 1.38. The number of sulfonamides is 1. The van der Waals surface area contributed by atoms with Crippen LogP contribution < -0.4 is 14.2 Å². The lowest BCUT2D eigenvalue weighted by Gasteiger charge is -2.27. The van der Waals surface area contributed by atoms with Gasteiger partial charge in [-0.05, 0) is 35.4 Å². The molecule has 0 aliphatic carbocycles. The molecule has 1 aromatic heterocycles. The Morgan fingerprint density at radius 2 is 1.70 bits per heavy atom. The van der Waals surface area contributed by atoms with Crippen molar-refractivity contribution in [1.29, 1.82) is 0 Å². The van der Waals surface area contributed by atoms with Gasteiger partial charge in [0.25, 0.3) is 0 Å². The van der Waals surface area contributed by atoms with Crippen LogP contribution in [-0.4, -0.2) is 32.1 Å². The van der Waals surface area contributed by atoms with Crippen LogP contribution in [0.1, 0.15) is 30.7 Å². The number of oxazole rings is 1. The zero-order valence-corrected chi connectivity index (χ0v) is 21.3. The number of hydrogen-bond donors (Lipinski definition) is 1. The molecule has 3 rings (SSSR count). The molecule has 2 aromatic carbocycles. The Labute approximate surface area is 208 Å². The van der Waals surface area contributed by atoms with Crippen LogP contribution in [0.4, 0.5) is 6.01 Å². The highest BCUT2D eigenvalue weighted by molar-refractivity contribution is 7.91. The van der Waals surface area contributed by atoms with E-state index < -0.39 is 15.4 Å². The number of aromatic nitrogens is 1. The molecule has 178 valence electrons. The number of nitrogens with zero attached hydrogens (tertiary/aromatic N) is 1. The van der Waals surface area contributed by atoms with Crippen molar-refractivity contribution in [2.75, 3.05) is 23.5 Å². The van der Waals surface area contributed by atoms with Gasteiger partial charge < -0.3 is 13.9 Å². The van der Waals surface area contributed by atoms with Crippen molar-refractivity contribution >= 4 is 50.8 Å². The van der Waals surface area contributed by atoms with Gasteiger partial charge in [0, 0.05) is 5.41 Å². The Bertz CT molecular complexity index is 1190. The average Bonchev–Trinajstić information content (AvgIpc) is 3.17. The SMILES string of the molecule is CC(C)(c1ccc(OCc2coc(NS(C)(=O)=O)n2)cc1)c1cc(Cl)c(OCCCl)c(Cl)c1. The number of hydrogen-bond acceptors (Lipinski definition) is 6. The van der Waals surface area contributed by atoms with Gasteiger partial charge in [-0.1, -0.05) is 49.2 Å². The van der Waals surface area contributed by atoms with E-state index in [9.17, 15) is 8.42 Å². The van der Waals surface area contributed by atoms with E-state index in [4.69, 9.17) is 48.7 Å². The molecule has 0 fully saturated rings. The second-order valence-corrected chi connectivity index (χ2v) is 10.7. The summed E-state index contributed by atoms with van der Waals surface area (Å²) < 4.78 is 41.0. The first-order chi connectivity index (χ1) is 15.5. The summed E-state index contributed by atoms with van der Waals surface area (Å²) in [7, 11) is -3.46. The van der Waals surface area contributed by atoms with Gasteiger partial charge in [0.05, 0.1) is 22.2 Å². The number of nitrogens with one attached hydrogen (secondary N) is 1. The summed E-state index contributed by atoms with van der Waals surface area (Å²) >= 11 is 18.5. The minimum absolute atomic E-state index is 0.107. The Morgan fingerprint density at radius 1 is 1.06 bits per heavy atom. The number of alkyl halides is 1. The molecule has 7 nitrogen and oxygen atoms in total. The number of anilines is 1. The van der Waals surface area contributed by atoms with E-state index in [2.05, 4.69) is 23.6 Å². The molecule has 0 saturated heterocycles. The fraction of sp³-hybridized carbons (Fsp3) is 0.318. The maximum absolute atomic E-state index is 11.2. The third kappa shape index (κ3) is 6.69. The van der Waals surface area contributed by atoms with Crippen LogP contribution in [0.2, 0.25) is 10.0 Å². The van der Waals surface area contributed by atoms with Crippen LogP contribution in [0, 0.1) is 0 Å². The van der Waals surface area contributed by atoms with Gasteiger partial charge in [-0.15, -0.1) is 11.6 Å². The van der Waals surface area contributed by atoms with Crippen LogP contribution in [0.15, 0.2) is 47.1 Å². The molecule has 0 aliphatic rings. The maximum Gasteiger partial charge on any atom is 0.308 e. The first-order valence-corrected chi connectivity index (χ1v) is 13.0. The van der Waals surface area contributed by atoms with Gasteiger partial charge in [0.2, 0.25) is 10.0 Å². The molecular formula is C22H23Cl3N2O5S. The molecule has 0 aliphatic heterocycles. The van der Waals surface area contributed by atoms with Gasteiger partial charge in [-0.2, -0.15) is 4.98 Å². The molecule has 3 aromatic rings. The van der Waals surface area contributed by atoms with Gasteiger partial charge in [-0.25, -0.2) is 13.1 Å². The number of rotatable bonds is 10. The van der Waals surface area contributed by atoms with E-state index in [1.165, 1.54) is 6.26 Å². The quantitative estimate of drug-likeness (QED) is 0.328. The van der Waals surface area contributed by atoms with Crippen molar-refractivity contribution in [1.82, 2.24) is 4.98 Å². The highest BCUT2D eigenvalue weighted by Gasteiger charge is 2.25. The summed E-state index contributed by atoms with van der Waals surface area (Å²) in [4.78, 5) is 4.02. The van der Waals surface area contributed by atoms with Crippen LogP contribution in [0.5, 0.6) is 11.5 Å². The van der Waals surface area contributed by atoms with Crippen LogP contribution in [0.3, 0.4) is 0 Å². The monoisotopic (exact) mass is 532 g/mol. The summed E-state index contributed by atoms with van der Waals surface area (Å²) in [6.07, 6.45) is 2.35. The summed E-state index contributed by atoms with van der Waals surface area (Å²) in [6, 6.07) is 11.2. The van der Waals surface area contributed by atoms with E-state index >= 15 is 0 Å². The number of ether oxygens (including phenoxy) is 2. The van der Waals surface area contributed by atoms with Crippen molar-refractivity contribution in [3.8, 4) is 11.5 Å². The lowest BCUT2D eigenvalue weighted by molar-refractivity contribution is 0.301. The zero-order chi connectivity index (χ0) is 24.2. The van der Waals surface area contributed by atoms with E-state index in [0.29, 0.717) is 39.7 Å². The first kappa shape index (κ1) is 25.5. The average molecular weight is 534 g/mol. The lowest BCUT2D eigenvalue weighted by Crippen LogP contribution is -2.19. The molecule has 0 atom stereocenters. The molecule has 0 bridgehead atoms. The first-order valence-electron chi connectivity index (χ1n) is 9.83. The van der Waals surface area contributed by atoms with Crippen molar-refractivity contribution in [2.24, 2.45) is 0 Å². The minimum Gasteiger partial charge on any atom is -0.489 e. The minimum atomic E-state index is -3.46. The van der Waals surface area contributed by atoms with Gasteiger partial charge in [-0.3, -0.25) is 0 Å². The largest absolute Gasteiger partial charge is 0.489 e. The van der Waals surface area contributed by atoms with Crippen LogP contribution in [0.25, 0.3) is 0 Å². The fourth-order valence-corrected chi connectivity index (χ4v) is 4.15. The van der Waals surface area contributed by atoms with Crippen molar-refractivity contribution in [2.45, 2.75) is 25.9 Å². The van der Waals surface area contributed by atoms with Crippen molar-refractivity contribution in [3.05, 3.63) is 69.5 Å². The molecule has 33 heavy (non-hydrogen) atoms.